The molecule has 0 aromatic rings. The molecule has 3 N–H and O–H groups in total. The maximum absolute atomic E-state index is 11.2. The van der Waals surface area contributed by atoms with Crippen LogP contribution >= 0.6 is 0 Å². The van der Waals surface area contributed by atoms with Crippen molar-refractivity contribution in [3.8, 4) is 0 Å². The van der Waals surface area contributed by atoms with E-state index in [1.807, 2.05) is 0 Å². The van der Waals surface area contributed by atoms with Crippen LogP contribution in [0.1, 0.15) is 44.9 Å². The SMILES string of the molecule is CNC(=O)CCCN(C)C1(CN)CCCCC1. The topological polar surface area (TPSA) is 58.4 Å². The second-order valence-corrected chi connectivity index (χ2v) is 5.19. The Labute approximate surface area is 105 Å². The second-order valence-electron chi connectivity index (χ2n) is 5.19. The van der Waals surface area contributed by atoms with E-state index in [-0.39, 0.29) is 11.4 Å². The lowest BCUT2D eigenvalue weighted by Crippen LogP contribution is -2.53. The normalized spacial score (nSPS) is 19.3. The monoisotopic (exact) mass is 241 g/mol. The van der Waals surface area contributed by atoms with Gasteiger partial charge >= 0.3 is 0 Å². The lowest BCUT2D eigenvalue weighted by molar-refractivity contribution is -0.120. The van der Waals surface area contributed by atoms with Gasteiger partial charge in [-0.1, -0.05) is 19.3 Å². The molecule has 1 aliphatic rings. The molecule has 4 nitrogen and oxygen atoms in total. The Morgan fingerprint density at radius 3 is 2.53 bits per heavy atom. The second kappa shape index (κ2) is 6.97. The maximum atomic E-state index is 11.2. The van der Waals surface area contributed by atoms with Gasteiger partial charge in [-0.2, -0.15) is 0 Å². The Balaban J connectivity index is 2.38. The molecule has 1 fully saturated rings. The maximum Gasteiger partial charge on any atom is 0.219 e. The number of amides is 1. The number of hydrogen-bond donors (Lipinski definition) is 2. The minimum Gasteiger partial charge on any atom is -0.359 e. The van der Waals surface area contributed by atoms with E-state index in [9.17, 15) is 4.79 Å². The first-order valence-corrected chi connectivity index (χ1v) is 6.76. The summed E-state index contributed by atoms with van der Waals surface area (Å²) < 4.78 is 0. The van der Waals surface area contributed by atoms with E-state index in [0.717, 1.165) is 19.5 Å². The average Bonchev–Trinajstić information content (AvgIpc) is 2.39. The van der Waals surface area contributed by atoms with Crippen LogP contribution in [0.15, 0.2) is 0 Å². The zero-order chi connectivity index (χ0) is 12.7. The largest absolute Gasteiger partial charge is 0.359 e. The fraction of sp³-hybridized carbons (Fsp3) is 0.923. The molecule has 1 saturated carbocycles. The predicted molar refractivity (Wildman–Crippen MR) is 70.8 cm³/mol. The molecule has 0 atom stereocenters. The fourth-order valence-electron chi connectivity index (χ4n) is 2.79. The number of carbonyl (C=O) groups excluding carboxylic acids is 1. The van der Waals surface area contributed by atoms with Gasteiger partial charge in [0.15, 0.2) is 0 Å². The highest BCUT2D eigenvalue weighted by Gasteiger charge is 2.34. The summed E-state index contributed by atoms with van der Waals surface area (Å²) in [6.45, 7) is 1.70. The molecule has 0 aromatic heterocycles. The highest BCUT2D eigenvalue weighted by molar-refractivity contribution is 5.75. The van der Waals surface area contributed by atoms with Crippen molar-refractivity contribution < 1.29 is 4.79 Å². The molecule has 1 rings (SSSR count). The standard InChI is InChI=1S/C13H27N3O/c1-15-12(17)7-6-10-16(2)13(11-14)8-4-3-5-9-13/h3-11,14H2,1-2H3,(H,15,17). The van der Waals surface area contributed by atoms with E-state index in [1.165, 1.54) is 32.1 Å². The molecule has 1 amide bonds. The molecule has 4 heteroatoms. The first-order valence-electron chi connectivity index (χ1n) is 6.76. The van der Waals surface area contributed by atoms with Crippen molar-refractivity contribution in [2.75, 3.05) is 27.2 Å². The lowest BCUT2D eigenvalue weighted by Gasteiger charge is -2.44. The van der Waals surface area contributed by atoms with Crippen LogP contribution < -0.4 is 11.1 Å². The number of carbonyl (C=O) groups is 1. The Hall–Kier alpha value is -0.610. The summed E-state index contributed by atoms with van der Waals surface area (Å²) in [6.07, 6.45) is 7.86. The summed E-state index contributed by atoms with van der Waals surface area (Å²) >= 11 is 0. The van der Waals surface area contributed by atoms with Crippen molar-refractivity contribution in [3.05, 3.63) is 0 Å². The first-order chi connectivity index (χ1) is 8.14. The van der Waals surface area contributed by atoms with Crippen molar-refractivity contribution in [3.63, 3.8) is 0 Å². The number of nitrogens with zero attached hydrogens (tertiary/aromatic N) is 1. The molecule has 0 aromatic carbocycles. The summed E-state index contributed by atoms with van der Waals surface area (Å²) in [6, 6.07) is 0. The number of nitrogens with one attached hydrogen (secondary N) is 1. The van der Waals surface area contributed by atoms with Crippen LogP contribution in [-0.4, -0.2) is 43.5 Å². The molecule has 1 aliphatic carbocycles. The third kappa shape index (κ3) is 3.96. The van der Waals surface area contributed by atoms with E-state index in [2.05, 4.69) is 17.3 Å². The van der Waals surface area contributed by atoms with E-state index in [0.29, 0.717) is 6.42 Å². The molecular formula is C13H27N3O. The van der Waals surface area contributed by atoms with E-state index >= 15 is 0 Å². The van der Waals surface area contributed by atoms with Gasteiger partial charge in [0.2, 0.25) is 5.91 Å². The smallest absolute Gasteiger partial charge is 0.219 e. The zero-order valence-electron chi connectivity index (χ0n) is 11.3. The van der Waals surface area contributed by atoms with E-state index in [4.69, 9.17) is 5.73 Å². The third-order valence-corrected chi connectivity index (χ3v) is 4.15. The van der Waals surface area contributed by atoms with E-state index < -0.39 is 0 Å². The molecule has 0 heterocycles. The van der Waals surface area contributed by atoms with Crippen LogP contribution in [0.4, 0.5) is 0 Å². The molecule has 0 bridgehead atoms. The number of nitrogens with two attached hydrogens (primary N) is 1. The fourth-order valence-corrected chi connectivity index (χ4v) is 2.79. The minimum absolute atomic E-state index is 0.129. The molecular weight excluding hydrogens is 214 g/mol. The summed E-state index contributed by atoms with van der Waals surface area (Å²) in [5.74, 6) is 0.129. The van der Waals surface area contributed by atoms with Crippen LogP contribution in [0.3, 0.4) is 0 Å². The lowest BCUT2D eigenvalue weighted by atomic mass is 9.80. The van der Waals surface area contributed by atoms with E-state index in [1.54, 1.807) is 7.05 Å². The van der Waals surface area contributed by atoms with Gasteiger partial charge in [-0.15, -0.1) is 0 Å². The average molecular weight is 241 g/mol. The summed E-state index contributed by atoms with van der Waals surface area (Å²) in [4.78, 5) is 13.5. The Kier molecular flexibility index (Phi) is 5.92. The van der Waals surface area contributed by atoms with Gasteiger partial charge in [0.25, 0.3) is 0 Å². The van der Waals surface area contributed by atoms with Crippen molar-refractivity contribution in [2.45, 2.75) is 50.5 Å². The highest BCUT2D eigenvalue weighted by Crippen LogP contribution is 2.32. The minimum atomic E-state index is 0.129. The number of likely N-dealkylation sites (N-methyl/N-ethyl adjacent to an activating group) is 1. The van der Waals surface area contributed by atoms with Crippen LogP contribution in [0.25, 0.3) is 0 Å². The zero-order valence-corrected chi connectivity index (χ0v) is 11.3. The molecule has 0 aliphatic heterocycles. The third-order valence-electron chi connectivity index (χ3n) is 4.15. The quantitative estimate of drug-likeness (QED) is 0.732. The summed E-state index contributed by atoms with van der Waals surface area (Å²) in [5.41, 5.74) is 6.17. The molecule has 0 spiro atoms. The van der Waals surface area contributed by atoms with Crippen molar-refractivity contribution >= 4 is 5.91 Å². The van der Waals surface area contributed by atoms with Gasteiger partial charge in [0.05, 0.1) is 0 Å². The van der Waals surface area contributed by atoms with Gasteiger partial charge in [0.1, 0.15) is 0 Å². The summed E-state index contributed by atoms with van der Waals surface area (Å²) in [5, 5.41) is 2.66. The number of hydrogen-bond acceptors (Lipinski definition) is 3. The van der Waals surface area contributed by atoms with Crippen molar-refractivity contribution in [2.24, 2.45) is 5.73 Å². The molecule has 100 valence electrons. The van der Waals surface area contributed by atoms with Crippen LogP contribution in [0.5, 0.6) is 0 Å². The molecule has 0 unspecified atom stereocenters. The van der Waals surface area contributed by atoms with Gasteiger partial charge in [0, 0.05) is 25.6 Å². The van der Waals surface area contributed by atoms with Gasteiger partial charge in [-0.3, -0.25) is 9.69 Å². The predicted octanol–water partition coefficient (Wildman–Crippen LogP) is 1.11. The Bertz CT molecular complexity index is 237. The molecule has 17 heavy (non-hydrogen) atoms. The van der Waals surface area contributed by atoms with Crippen molar-refractivity contribution in [1.82, 2.24) is 10.2 Å². The number of rotatable bonds is 6. The molecule has 0 radical (unpaired) electrons. The first kappa shape index (κ1) is 14.5. The van der Waals surface area contributed by atoms with Crippen LogP contribution in [0, 0.1) is 0 Å². The molecule has 0 saturated heterocycles. The van der Waals surface area contributed by atoms with Gasteiger partial charge in [-0.05, 0) is 32.9 Å². The Morgan fingerprint density at radius 2 is 2.00 bits per heavy atom. The Morgan fingerprint density at radius 1 is 1.35 bits per heavy atom. The highest BCUT2D eigenvalue weighted by atomic mass is 16.1. The van der Waals surface area contributed by atoms with Crippen molar-refractivity contribution in [1.29, 1.82) is 0 Å². The van der Waals surface area contributed by atoms with Gasteiger partial charge in [-0.25, -0.2) is 0 Å². The van der Waals surface area contributed by atoms with Crippen LogP contribution in [-0.2, 0) is 4.79 Å². The van der Waals surface area contributed by atoms with Crippen LogP contribution in [0.2, 0.25) is 0 Å². The van der Waals surface area contributed by atoms with Gasteiger partial charge < -0.3 is 11.1 Å². The summed E-state index contributed by atoms with van der Waals surface area (Å²) in [7, 11) is 3.84.